The zero-order chi connectivity index (χ0) is 19.9. The van der Waals surface area contributed by atoms with Gasteiger partial charge >= 0.3 is 5.97 Å². The second-order valence-electron chi connectivity index (χ2n) is 5.61. The van der Waals surface area contributed by atoms with E-state index in [0.717, 1.165) is 0 Å². The molecule has 0 bridgehead atoms. The Kier molecular flexibility index (Phi) is 6.41. The van der Waals surface area contributed by atoms with Gasteiger partial charge in [-0.2, -0.15) is 0 Å². The Balaban J connectivity index is 1.51. The van der Waals surface area contributed by atoms with E-state index in [0.29, 0.717) is 21.3 Å². The number of ether oxygens (including phenoxy) is 1. The second-order valence-corrected chi connectivity index (χ2v) is 6.97. The molecular weight excluding hydrogens is 400 g/mol. The van der Waals surface area contributed by atoms with Crippen molar-refractivity contribution in [3.63, 3.8) is 0 Å². The van der Waals surface area contributed by atoms with Crippen molar-refractivity contribution in [2.45, 2.75) is 0 Å². The minimum Gasteiger partial charge on any atom is -0.452 e. The topological polar surface area (TPSA) is 84.5 Å². The molecule has 6 nitrogen and oxygen atoms in total. The molecule has 3 rings (SSSR count). The SMILES string of the molecule is O=C(COC(=O)c1ccc(NC(=O)c2cccs2)cc1)Nc1ccccc1Cl. The highest BCUT2D eigenvalue weighted by Crippen LogP contribution is 2.20. The summed E-state index contributed by atoms with van der Waals surface area (Å²) in [6.45, 7) is -0.444. The van der Waals surface area contributed by atoms with Gasteiger partial charge in [-0.25, -0.2) is 4.79 Å². The molecule has 0 fully saturated rings. The van der Waals surface area contributed by atoms with Crippen LogP contribution >= 0.6 is 22.9 Å². The van der Waals surface area contributed by atoms with E-state index in [1.165, 1.54) is 23.5 Å². The number of hydrogen-bond acceptors (Lipinski definition) is 5. The van der Waals surface area contributed by atoms with Gasteiger partial charge in [0.15, 0.2) is 6.61 Å². The monoisotopic (exact) mass is 414 g/mol. The molecule has 0 aliphatic rings. The maximum Gasteiger partial charge on any atom is 0.338 e. The van der Waals surface area contributed by atoms with E-state index < -0.39 is 18.5 Å². The molecule has 2 aromatic carbocycles. The number of halogens is 1. The standard InChI is InChI=1S/C20H15ClN2O4S/c21-15-4-1-2-5-16(15)23-18(24)12-27-20(26)13-7-9-14(10-8-13)22-19(25)17-6-3-11-28-17/h1-11H,12H2,(H,22,25)(H,23,24). The van der Waals surface area contributed by atoms with Crippen LogP contribution in [-0.2, 0) is 9.53 Å². The van der Waals surface area contributed by atoms with E-state index in [1.807, 2.05) is 5.38 Å². The third-order valence-corrected chi connectivity index (χ3v) is 4.80. The van der Waals surface area contributed by atoms with Crippen LogP contribution in [0.15, 0.2) is 66.0 Å². The number of carbonyl (C=O) groups excluding carboxylic acids is 3. The summed E-state index contributed by atoms with van der Waals surface area (Å²) >= 11 is 7.30. The fourth-order valence-corrected chi connectivity index (χ4v) is 3.06. The smallest absolute Gasteiger partial charge is 0.338 e. The lowest BCUT2D eigenvalue weighted by atomic mass is 10.2. The predicted octanol–water partition coefficient (Wildman–Crippen LogP) is 4.45. The highest BCUT2D eigenvalue weighted by Gasteiger charge is 2.12. The molecule has 28 heavy (non-hydrogen) atoms. The molecule has 142 valence electrons. The lowest BCUT2D eigenvalue weighted by Crippen LogP contribution is -2.21. The molecule has 0 saturated heterocycles. The zero-order valence-electron chi connectivity index (χ0n) is 14.5. The van der Waals surface area contributed by atoms with Gasteiger partial charge in [0.05, 0.1) is 21.2 Å². The molecule has 1 aromatic heterocycles. The van der Waals surface area contributed by atoms with Crippen molar-refractivity contribution >= 4 is 52.1 Å². The summed E-state index contributed by atoms with van der Waals surface area (Å²) in [6, 6.07) is 16.5. The average Bonchev–Trinajstić information content (AvgIpc) is 3.23. The van der Waals surface area contributed by atoms with E-state index in [4.69, 9.17) is 16.3 Å². The van der Waals surface area contributed by atoms with Gasteiger partial charge in [-0.3, -0.25) is 9.59 Å². The molecule has 2 amide bonds. The summed E-state index contributed by atoms with van der Waals surface area (Å²) in [5.41, 5.74) is 1.25. The maximum absolute atomic E-state index is 12.1. The molecule has 0 saturated carbocycles. The molecule has 0 aliphatic carbocycles. The molecule has 3 aromatic rings. The Morgan fingerprint density at radius 2 is 1.68 bits per heavy atom. The van der Waals surface area contributed by atoms with Crippen LogP contribution in [0.5, 0.6) is 0 Å². The number of carbonyl (C=O) groups is 3. The molecule has 0 aliphatic heterocycles. The minimum absolute atomic E-state index is 0.221. The fourth-order valence-electron chi connectivity index (χ4n) is 2.25. The van der Waals surface area contributed by atoms with Gasteiger partial charge in [0.2, 0.25) is 0 Å². The number of esters is 1. The first-order valence-corrected chi connectivity index (χ1v) is 9.45. The van der Waals surface area contributed by atoms with Crippen LogP contribution in [0.25, 0.3) is 0 Å². The number of hydrogen-bond donors (Lipinski definition) is 2. The van der Waals surface area contributed by atoms with E-state index in [1.54, 1.807) is 48.5 Å². The van der Waals surface area contributed by atoms with Gasteiger partial charge in [-0.1, -0.05) is 29.8 Å². The number of nitrogens with one attached hydrogen (secondary N) is 2. The quantitative estimate of drug-likeness (QED) is 0.583. The maximum atomic E-state index is 12.1. The van der Waals surface area contributed by atoms with Crippen LogP contribution in [0, 0.1) is 0 Å². The first-order chi connectivity index (χ1) is 13.5. The lowest BCUT2D eigenvalue weighted by Gasteiger charge is -2.08. The van der Waals surface area contributed by atoms with E-state index >= 15 is 0 Å². The first kappa shape index (κ1) is 19.6. The van der Waals surface area contributed by atoms with Crippen molar-refractivity contribution in [1.82, 2.24) is 0 Å². The van der Waals surface area contributed by atoms with Crippen molar-refractivity contribution in [2.75, 3.05) is 17.2 Å². The van der Waals surface area contributed by atoms with E-state index in [-0.39, 0.29) is 11.5 Å². The number of benzene rings is 2. The van der Waals surface area contributed by atoms with Crippen LogP contribution in [0.1, 0.15) is 20.0 Å². The van der Waals surface area contributed by atoms with Crippen molar-refractivity contribution in [1.29, 1.82) is 0 Å². The molecule has 1 heterocycles. The Hall–Kier alpha value is -3.16. The molecule has 0 unspecified atom stereocenters. The Labute approximate surface area is 170 Å². The van der Waals surface area contributed by atoms with Crippen LogP contribution in [0.2, 0.25) is 5.02 Å². The largest absolute Gasteiger partial charge is 0.452 e. The van der Waals surface area contributed by atoms with Crippen molar-refractivity contribution < 1.29 is 19.1 Å². The minimum atomic E-state index is -0.648. The third kappa shape index (κ3) is 5.18. The second kappa shape index (κ2) is 9.16. The number of para-hydroxylation sites is 1. The normalized spacial score (nSPS) is 10.2. The average molecular weight is 415 g/mol. The summed E-state index contributed by atoms with van der Waals surface area (Å²) in [6.07, 6.45) is 0. The van der Waals surface area contributed by atoms with Gasteiger partial charge in [0.25, 0.3) is 11.8 Å². The first-order valence-electron chi connectivity index (χ1n) is 8.19. The van der Waals surface area contributed by atoms with Gasteiger partial charge in [0.1, 0.15) is 0 Å². The fraction of sp³-hybridized carbons (Fsp3) is 0.0500. The van der Waals surface area contributed by atoms with Crippen molar-refractivity contribution in [2.24, 2.45) is 0 Å². The van der Waals surface area contributed by atoms with Crippen LogP contribution < -0.4 is 10.6 Å². The molecule has 2 N–H and O–H groups in total. The van der Waals surface area contributed by atoms with E-state index in [9.17, 15) is 14.4 Å². The summed E-state index contributed by atoms with van der Waals surface area (Å²) in [4.78, 5) is 36.6. The molecular formula is C20H15ClN2O4S. The molecule has 0 spiro atoms. The van der Waals surface area contributed by atoms with E-state index in [2.05, 4.69) is 10.6 Å². The molecule has 8 heteroatoms. The number of rotatable bonds is 6. The Bertz CT molecular complexity index is 988. The molecule has 0 atom stereocenters. The number of thiophene rings is 1. The predicted molar refractivity (Wildman–Crippen MR) is 109 cm³/mol. The van der Waals surface area contributed by atoms with Crippen LogP contribution in [0.3, 0.4) is 0 Å². The van der Waals surface area contributed by atoms with Crippen molar-refractivity contribution in [3.05, 3.63) is 81.5 Å². The summed E-state index contributed by atoms with van der Waals surface area (Å²) < 4.78 is 5.00. The summed E-state index contributed by atoms with van der Waals surface area (Å²) in [7, 11) is 0. The van der Waals surface area contributed by atoms with Crippen LogP contribution in [-0.4, -0.2) is 24.4 Å². The van der Waals surface area contributed by atoms with Gasteiger partial charge < -0.3 is 15.4 Å². The lowest BCUT2D eigenvalue weighted by molar-refractivity contribution is -0.119. The van der Waals surface area contributed by atoms with Gasteiger partial charge in [-0.05, 0) is 47.8 Å². The highest BCUT2D eigenvalue weighted by atomic mass is 35.5. The third-order valence-electron chi connectivity index (χ3n) is 3.61. The van der Waals surface area contributed by atoms with Crippen molar-refractivity contribution in [3.8, 4) is 0 Å². The zero-order valence-corrected chi connectivity index (χ0v) is 16.0. The Morgan fingerprint density at radius 3 is 2.36 bits per heavy atom. The number of amides is 2. The van der Waals surface area contributed by atoms with Gasteiger partial charge in [-0.15, -0.1) is 11.3 Å². The van der Waals surface area contributed by atoms with Crippen LogP contribution in [0.4, 0.5) is 11.4 Å². The highest BCUT2D eigenvalue weighted by molar-refractivity contribution is 7.12. The summed E-state index contributed by atoms with van der Waals surface area (Å²) in [5.74, 6) is -1.37. The van der Waals surface area contributed by atoms with Gasteiger partial charge in [0, 0.05) is 5.69 Å². The Morgan fingerprint density at radius 1 is 0.929 bits per heavy atom. The molecule has 0 radical (unpaired) electrons. The number of anilines is 2. The summed E-state index contributed by atoms with van der Waals surface area (Å²) in [5, 5.41) is 7.51.